The van der Waals surface area contributed by atoms with Crippen LogP contribution >= 0.6 is 11.8 Å². The summed E-state index contributed by atoms with van der Waals surface area (Å²) in [6.07, 6.45) is 3.50. The van der Waals surface area contributed by atoms with E-state index in [1.165, 1.54) is 17.7 Å². The average Bonchev–Trinajstić information content (AvgIpc) is 3.39. The Balaban J connectivity index is 1.19. The summed E-state index contributed by atoms with van der Waals surface area (Å²) in [5, 5.41) is 0. The van der Waals surface area contributed by atoms with Crippen LogP contribution in [0.1, 0.15) is 19.3 Å². The molecular weight excluding hydrogens is 318 g/mol. The first kappa shape index (κ1) is 16.4. The second kappa shape index (κ2) is 7.46. The molecule has 1 aromatic carbocycles. The molecule has 1 atom stereocenters. The third kappa shape index (κ3) is 3.79. The van der Waals surface area contributed by atoms with Gasteiger partial charge in [-0.15, -0.1) is 11.8 Å². The predicted octanol–water partition coefficient (Wildman–Crippen LogP) is 2.16. The van der Waals surface area contributed by atoms with Crippen LogP contribution in [0.4, 0.5) is 0 Å². The maximum absolute atomic E-state index is 12.6. The van der Waals surface area contributed by atoms with E-state index in [2.05, 4.69) is 45.0 Å². The van der Waals surface area contributed by atoms with Crippen molar-refractivity contribution >= 4 is 17.7 Å². The monoisotopic (exact) mass is 345 g/mol. The molecule has 4 rings (SSSR count). The molecule has 130 valence electrons. The molecule has 2 aliphatic heterocycles. The van der Waals surface area contributed by atoms with Crippen LogP contribution in [0.2, 0.25) is 0 Å². The summed E-state index contributed by atoms with van der Waals surface area (Å²) in [5.41, 5.74) is 0. The van der Waals surface area contributed by atoms with E-state index >= 15 is 0 Å². The van der Waals surface area contributed by atoms with Crippen molar-refractivity contribution in [1.82, 2.24) is 14.7 Å². The van der Waals surface area contributed by atoms with Gasteiger partial charge in [0, 0.05) is 56.0 Å². The summed E-state index contributed by atoms with van der Waals surface area (Å²) in [6.45, 7) is 6.42. The van der Waals surface area contributed by atoms with Gasteiger partial charge in [-0.2, -0.15) is 0 Å². The number of piperazine rings is 1. The number of nitrogens with zero attached hydrogens (tertiary/aromatic N) is 3. The van der Waals surface area contributed by atoms with Crippen molar-refractivity contribution in [3.05, 3.63) is 30.3 Å². The molecule has 0 N–H and O–H groups in total. The number of likely N-dealkylation sites (tertiary alicyclic amines) is 1. The lowest BCUT2D eigenvalue weighted by Gasteiger charge is -2.37. The molecule has 24 heavy (non-hydrogen) atoms. The van der Waals surface area contributed by atoms with Gasteiger partial charge >= 0.3 is 0 Å². The van der Waals surface area contributed by atoms with Gasteiger partial charge in [-0.3, -0.25) is 14.6 Å². The van der Waals surface area contributed by atoms with Crippen LogP contribution in [0.15, 0.2) is 35.2 Å². The normalized spacial score (nSPS) is 26.2. The molecule has 1 amide bonds. The smallest absolute Gasteiger partial charge is 0.240 e. The molecule has 1 unspecified atom stereocenters. The van der Waals surface area contributed by atoms with Crippen LogP contribution < -0.4 is 0 Å². The van der Waals surface area contributed by atoms with Gasteiger partial charge in [-0.05, 0) is 31.4 Å². The summed E-state index contributed by atoms with van der Waals surface area (Å²) in [5.74, 6) is 1.55. The van der Waals surface area contributed by atoms with E-state index in [1.807, 2.05) is 11.8 Å². The highest BCUT2D eigenvalue weighted by Gasteiger charge is 2.42. The first-order valence-corrected chi connectivity index (χ1v) is 10.2. The van der Waals surface area contributed by atoms with Crippen molar-refractivity contribution in [2.24, 2.45) is 0 Å². The zero-order valence-corrected chi connectivity index (χ0v) is 15.1. The Morgan fingerprint density at radius 3 is 2.42 bits per heavy atom. The van der Waals surface area contributed by atoms with Gasteiger partial charge in [0.1, 0.15) is 0 Å². The Labute approximate surface area is 149 Å². The predicted molar refractivity (Wildman–Crippen MR) is 98.3 cm³/mol. The molecule has 2 saturated heterocycles. The zero-order chi connectivity index (χ0) is 16.4. The van der Waals surface area contributed by atoms with Gasteiger partial charge < -0.3 is 4.90 Å². The van der Waals surface area contributed by atoms with E-state index in [-0.39, 0.29) is 6.04 Å². The molecular formula is C19H27N3OS. The zero-order valence-electron chi connectivity index (χ0n) is 14.3. The molecule has 0 bridgehead atoms. The lowest BCUT2D eigenvalue weighted by Crippen LogP contribution is -2.52. The minimum atomic E-state index is 0.173. The lowest BCUT2D eigenvalue weighted by atomic mass is 10.2. The molecule has 3 aliphatic rings. The number of amides is 1. The molecule has 1 aromatic rings. The standard InChI is InChI=1S/C19H27N3OS/c23-19-18(8-9-22(19)16-6-7-16)21-12-10-20(11-13-21)14-15-24-17-4-2-1-3-5-17/h1-5,16,18H,6-15H2. The van der Waals surface area contributed by atoms with Crippen LogP contribution in [-0.4, -0.2) is 77.7 Å². The van der Waals surface area contributed by atoms with Gasteiger partial charge in [0.05, 0.1) is 6.04 Å². The number of thioether (sulfide) groups is 1. The van der Waals surface area contributed by atoms with Crippen LogP contribution in [0.3, 0.4) is 0 Å². The highest BCUT2D eigenvalue weighted by Crippen LogP contribution is 2.32. The first-order chi connectivity index (χ1) is 11.8. The van der Waals surface area contributed by atoms with E-state index in [1.54, 1.807) is 0 Å². The Hall–Kier alpha value is -1.04. The first-order valence-electron chi connectivity index (χ1n) is 9.26. The van der Waals surface area contributed by atoms with Crippen molar-refractivity contribution in [3.63, 3.8) is 0 Å². The number of carbonyl (C=O) groups excluding carboxylic acids is 1. The molecule has 1 saturated carbocycles. The lowest BCUT2D eigenvalue weighted by molar-refractivity contribution is -0.133. The maximum Gasteiger partial charge on any atom is 0.240 e. The van der Waals surface area contributed by atoms with Gasteiger partial charge in [0.15, 0.2) is 0 Å². The summed E-state index contributed by atoms with van der Waals surface area (Å²) in [4.78, 5) is 21.0. The van der Waals surface area contributed by atoms with E-state index < -0.39 is 0 Å². The second-order valence-corrected chi connectivity index (χ2v) is 8.27. The van der Waals surface area contributed by atoms with Crippen molar-refractivity contribution < 1.29 is 4.79 Å². The highest BCUT2D eigenvalue weighted by atomic mass is 32.2. The number of hydrogen-bond donors (Lipinski definition) is 0. The summed E-state index contributed by atoms with van der Waals surface area (Å²) in [6, 6.07) is 11.4. The van der Waals surface area contributed by atoms with E-state index in [9.17, 15) is 4.79 Å². The van der Waals surface area contributed by atoms with Crippen molar-refractivity contribution in [1.29, 1.82) is 0 Å². The van der Waals surface area contributed by atoms with Gasteiger partial charge in [0.25, 0.3) is 0 Å². The number of carbonyl (C=O) groups is 1. The molecule has 1 aliphatic carbocycles. The SMILES string of the molecule is O=C1C(N2CCN(CCSc3ccccc3)CC2)CCN1C1CC1. The van der Waals surface area contributed by atoms with Crippen LogP contribution in [0.5, 0.6) is 0 Å². The molecule has 5 heteroatoms. The fourth-order valence-corrected chi connectivity index (χ4v) is 4.82. The van der Waals surface area contributed by atoms with E-state index in [4.69, 9.17) is 0 Å². The fraction of sp³-hybridized carbons (Fsp3) is 0.632. The number of rotatable bonds is 6. The molecule has 4 nitrogen and oxygen atoms in total. The summed E-state index contributed by atoms with van der Waals surface area (Å²) in [7, 11) is 0. The van der Waals surface area contributed by atoms with Crippen molar-refractivity contribution in [2.45, 2.75) is 36.2 Å². The minimum absolute atomic E-state index is 0.173. The molecule has 0 aromatic heterocycles. The third-order valence-corrected chi connectivity index (χ3v) is 6.46. The Kier molecular flexibility index (Phi) is 5.11. The summed E-state index contributed by atoms with van der Waals surface area (Å²) >= 11 is 1.93. The maximum atomic E-state index is 12.6. The van der Waals surface area contributed by atoms with Crippen LogP contribution in [0, 0.1) is 0 Å². The van der Waals surface area contributed by atoms with Gasteiger partial charge in [-0.1, -0.05) is 18.2 Å². The fourth-order valence-electron chi connectivity index (χ4n) is 3.88. The topological polar surface area (TPSA) is 26.8 Å². The second-order valence-electron chi connectivity index (χ2n) is 7.11. The third-order valence-electron chi connectivity index (χ3n) is 5.47. The van der Waals surface area contributed by atoms with Crippen LogP contribution in [0.25, 0.3) is 0 Å². The van der Waals surface area contributed by atoms with E-state index in [0.717, 1.165) is 51.4 Å². The van der Waals surface area contributed by atoms with Crippen molar-refractivity contribution in [2.75, 3.05) is 45.0 Å². The Bertz CT molecular complexity index is 555. The quantitative estimate of drug-likeness (QED) is 0.738. The van der Waals surface area contributed by atoms with Crippen LogP contribution in [-0.2, 0) is 4.79 Å². The van der Waals surface area contributed by atoms with Gasteiger partial charge in [-0.25, -0.2) is 0 Å². The highest BCUT2D eigenvalue weighted by molar-refractivity contribution is 7.99. The van der Waals surface area contributed by atoms with Gasteiger partial charge in [0.2, 0.25) is 5.91 Å². The minimum Gasteiger partial charge on any atom is -0.338 e. The molecule has 0 radical (unpaired) electrons. The van der Waals surface area contributed by atoms with Crippen molar-refractivity contribution in [3.8, 4) is 0 Å². The Morgan fingerprint density at radius 2 is 1.71 bits per heavy atom. The molecule has 0 spiro atoms. The summed E-state index contributed by atoms with van der Waals surface area (Å²) < 4.78 is 0. The number of hydrogen-bond acceptors (Lipinski definition) is 4. The largest absolute Gasteiger partial charge is 0.338 e. The average molecular weight is 346 g/mol. The van der Waals surface area contributed by atoms with E-state index in [0.29, 0.717) is 11.9 Å². The molecule has 2 heterocycles. The Morgan fingerprint density at radius 1 is 0.958 bits per heavy atom. The number of benzene rings is 1. The molecule has 3 fully saturated rings.